The molecular weight excluding hydrogens is 454 g/mol. The lowest BCUT2D eigenvalue weighted by atomic mass is 10.2. The minimum atomic E-state index is -2.80. The number of amides is 1. The number of benzene rings is 3. The molecule has 3 aromatic rings. The molecule has 184 valence electrons. The normalized spacial score (nSPS) is 18.5. The predicted molar refractivity (Wildman–Crippen MR) is 141 cm³/mol. The van der Waals surface area contributed by atoms with Gasteiger partial charge >= 0.3 is 6.09 Å². The number of hydrogen-bond acceptors (Lipinski definition) is 4. The highest BCUT2D eigenvalue weighted by Crippen LogP contribution is 2.39. The van der Waals surface area contributed by atoms with Gasteiger partial charge in [-0.15, -0.1) is 0 Å². The number of hydrogen-bond donors (Lipinski definition) is 1. The molecular formula is C29H35NO4Si. The van der Waals surface area contributed by atoms with E-state index in [2.05, 4.69) is 69.3 Å². The van der Waals surface area contributed by atoms with Crippen molar-refractivity contribution in [1.29, 1.82) is 0 Å². The summed E-state index contributed by atoms with van der Waals surface area (Å²) in [4.78, 5) is 14.6. The highest BCUT2D eigenvalue weighted by molar-refractivity contribution is 6.99. The zero-order valence-corrected chi connectivity index (χ0v) is 21.8. The van der Waals surface area contributed by atoms with Crippen LogP contribution in [0.1, 0.15) is 32.8 Å². The Kier molecular flexibility index (Phi) is 7.74. The minimum absolute atomic E-state index is 0.177. The topological polar surface area (TPSA) is 59.0 Å². The number of aliphatic hydroxyl groups is 1. The summed E-state index contributed by atoms with van der Waals surface area (Å²) in [5, 5.41) is 12.5. The summed E-state index contributed by atoms with van der Waals surface area (Å²) in [6.07, 6.45) is -0.0621. The molecule has 6 heteroatoms. The smallest absolute Gasteiger partial charge is 0.410 e. The van der Waals surface area contributed by atoms with Crippen LogP contribution in [-0.4, -0.2) is 49.7 Å². The Bertz CT molecular complexity index is 1050. The van der Waals surface area contributed by atoms with E-state index < -0.39 is 20.5 Å². The van der Waals surface area contributed by atoms with Crippen LogP contribution >= 0.6 is 0 Å². The summed E-state index contributed by atoms with van der Waals surface area (Å²) in [6, 6.07) is 30.0. The Morgan fingerprint density at radius 2 is 1.43 bits per heavy atom. The molecule has 35 heavy (non-hydrogen) atoms. The largest absolute Gasteiger partial charge is 0.445 e. The van der Waals surface area contributed by atoms with Gasteiger partial charge in [-0.3, -0.25) is 0 Å². The number of carbonyl (C=O) groups is 1. The molecule has 2 atom stereocenters. The molecule has 0 radical (unpaired) electrons. The molecule has 5 nitrogen and oxygen atoms in total. The summed E-state index contributed by atoms with van der Waals surface area (Å²) in [7, 11) is -2.80. The molecule has 0 saturated carbocycles. The first kappa shape index (κ1) is 25.2. The Hall–Kier alpha value is -2.93. The van der Waals surface area contributed by atoms with E-state index in [0.717, 1.165) is 5.56 Å². The summed E-state index contributed by atoms with van der Waals surface area (Å²) >= 11 is 0. The van der Waals surface area contributed by atoms with Gasteiger partial charge in [-0.05, 0) is 27.4 Å². The van der Waals surface area contributed by atoms with Crippen LogP contribution in [0, 0.1) is 0 Å². The van der Waals surface area contributed by atoms with E-state index in [4.69, 9.17) is 9.16 Å². The average molecular weight is 490 g/mol. The number of likely N-dealkylation sites (tertiary alicyclic amines) is 1. The van der Waals surface area contributed by atoms with Crippen LogP contribution in [0.5, 0.6) is 0 Å². The maximum absolute atomic E-state index is 13.0. The van der Waals surface area contributed by atoms with Crippen molar-refractivity contribution in [3.8, 4) is 0 Å². The lowest BCUT2D eigenvalue weighted by molar-refractivity contribution is 0.0535. The number of ether oxygens (including phenoxy) is 1. The van der Waals surface area contributed by atoms with Gasteiger partial charge in [-0.25, -0.2) is 4.79 Å². The van der Waals surface area contributed by atoms with E-state index in [1.165, 1.54) is 10.4 Å². The van der Waals surface area contributed by atoms with Crippen LogP contribution in [-0.2, 0) is 15.8 Å². The zero-order valence-electron chi connectivity index (χ0n) is 20.8. The molecule has 0 aromatic heterocycles. The van der Waals surface area contributed by atoms with Crippen molar-refractivity contribution in [2.45, 2.75) is 51.0 Å². The SMILES string of the molecule is CC(C)(C)[Si](O[C@H]1CCN(C(=O)OCc2ccccc2)[C@H]1CO)(c1ccccc1)c1ccccc1. The second-order valence-corrected chi connectivity index (χ2v) is 14.3. The van der Waals surface area contributed by atoms with Gasteiger partial charge in [-0.2, -0.15) is 0 Å². The quantitative estimate of drug-likeness (QED) is 0.502. The van der Waals surface area contributed by atoms with Gasteiger partial charge in [-0.1, -0.05) is 112 Å². The van der Waals surface area contributed by atoms with Crippen LogP contribution in [0.25, 0.3) is 0 Å². The Balaban J connectivity index is 1.63. The molecule has 1 aliphatic heterocycles. The molecule has 0 spiro atoms. The van der Waals surface area contributed by atoms with Crippen LogP contribution in [0.3, 0.4) is 0 Å². The van der Waals surface area contributed by atoms with E-state index in [-0.39, 0.29) is 24.4 Å². The number of nitrogens with zero attached hydrogens (tertiary/aromatic N) is 1. The standard InChI is InChI=1S/C29H35NO4Si/c1-29(2,3)35(24-15-9-5-10-16-24,25-17-11-6-12-18-25)34-27-19-20-30(26(27)21-31)28(32)33-22-23-13-7-4-8-14-23/h4-18,26-27,31H,19-22H2,1-3H3/t26-,27-/m0/s1. The van der Waals surface area contributed by atoms with Crippen molar-refractivity contribution in [2.75, 3.05) is 13.2 Å². The molecule has 1 fully saturated rings. The summed E-state index contributed by atoms with van der Waals surface area (Å²) < 4.78 is 12.8. The van der Waals surface area contributed by atoms with Crippen LogP contribution in [0.2, 0.25) is 5.04 Å². The third-order valence-corrected chi connectivity index (χ3v) is 11.9. The maximum atomic E-state index is 13.0. The third kappa shape index (κ3) is 5.20. The van der Waals surface area contributed by atoms with Crippen LogP contribution < -0.4 is 10.4 Å². The van der Waals surface area contributed by atoms with Crippen molar-refractivity contribution in [3.63, 3.8) is 0 Å². The van der Waals surface area contributed by atoms with Crippen LogP contribution in [0.4, 0.5) is 4.79 Å². The van der Waals surface area contributed by atoms with Gasteiger partial charge in [0.2, 0.25) is 0 Å². The summed E-state index contributed by atoms with van der Waals surface area (Å²) in [5.41, 5.74) is 0.931. The predicted octanol–water partition coefficient (Wildman–Crippen LogP) is 4.34. The Labute approximate surface area is 209 Å². The molecule has 0 unspecified atom stereocenters. The fourth-order valence-corrected chi connectivity index (χ4v) is 9.87. The lowest BCUT2D eigenvalue weighted by Crippen LogP contribution is -2.68. The number of carbonyl (C=O) groups excluding carboxylic acids is 1. The second-order valence-electron chi connectivity index (χ2n) is 10.1. The fourth-order valence-electron chi connectivity index (χ4n) is 5.13. The maximum Gasteiger partial charge on any atom is 0.410 e. The Morgan fingerprint density at radius 1 is 0.914 bits per heavy atom. The molecule has 0 aliphatic carbocycles. The van der Waals surface area contributed by atoms with Gasteiger partial charge in [0, 0.05) is 6.54 Å². The van der Waals surface area contributed by atoms with Crippen LogP contribution in [0.15, 0.2) is 91.0 Å². The minimum Gasteiger partial charge on any atom is -0.445 e. The molecule has 4 rings (SSSR count). The highest BCUT2D eigenvalue weighted by atomic mass is 28.4. The van der Waals surface area contributed by atoms with Gasteiger partial charge < -0.3 is 19.2 Å². The summed E-state index contributed by atoms with van der Waals surface area (Å²) in [6.45, 7) is 7.20. The number of rotatable bonds is 7. The number of aliphatic hydroxyl groups excluding tert-OH is 1. The van der Waals surface area contributed by atoms with Crippen molar-refractivity contribution in [1.82, 2.24) is 4.90 Å². The zero-order chi connectivity index (χ0) is 24.9. The van der Waals surface area contributed by atoms with E-state index in [9.17, 15) is 9.90 Å². The average Bonchev–Trinajstić information content (AvgIpc) is 3.29. The van der Waals surface area contributed by atoms with E-state index in [1.807, 2.05) is 42.5 Å². The molecule has 0 bridgehead atoms. The molecule has 1 saturated heterocycles. The fraction of sp³-hybridized carbons (Fsp3) is 0.345. The van der Waals surface area contributed by atoms with Gasteiger partial charge in [0.1, 0.15) is 6.61 Å². The lowest BCUT2D eigenvalue weighted by Gasteiger charge is -2.45. The summed E-state index contributed by atoms with van der Waals surface area (Å²) in [5.74, 6) is 0. The molecule has 1 N–H and O–H groups in total. The van der Waals surface area contributed by atoms with E-state index in [0.29, 0.717) is 13.0 Å². The molecule has 1 aliphatic rings. The van der Waals surface area contributed by atoms with E-state index >= 15 is 0 Å². The van der Waals surface area contributed by atoms with Crippen molar-refractivity contribution < 1.29 is 19.1 Å². The van der Waals surface area contributed by atoms with Crippen molar-refractivity contribution in [2.24, 2.45) is 0 Å². The molecule has 1 amide bonds. The first-order valence-corrected chi connectivity index (χ1v) is 14.1. The Morgan fingerprint density at radius 3 is 1.91 bits per heavy atom. The second kappa shape index (κ2) is 10.8. The highest BCUT2D eigenvalue weighted by Gasteiger charge is 2.53. The monoisotopic (exact) mass is 489 g/mol. The first-order valence-electron chi connectivity index (χ1n) is 12.2. The van der Waals surface area contributed by atoms with Gasteiger partial charge in [0.15, 0.2) is 0 Å². The molecule has 1 heterocycles. The third-order valence-electron chi connectivity index (χ3n) is 6.86. The van der Waals surface area contributed by atoms with E-state index in [1.54, 1.807) is 4.90 Å². The van der Waals surface area contributed by atoms with Crippen molar-refractivity contribution >= 4 is 24.8 Å². The first-order chi connectivity index (χ1) is 16.9. The van der Waals surface area contributed by atoms with Gasteiger partial charge in [0.05, 0.1) is 18.8 Å². The van der Waals surface area contributed by atoms with Gasteiger partial charge in [0.25, 0.3) is 8.32 Å². The van der Waals surface area contributed by atoms with Crippen molar-refractivity contribution in [3.05, 3.63) is 96.6 Å². The molecule has 3 aromatic carbocycles.